The van der Waals surface area contributed by atoms with Gasteiger partial charge in [0.1, 0.15) is 0 Å². The van der Waals surface area contributed by atoms with Gasteiger partial charge in [0, 0.05) is 18.6 Å². The third-order valence-electron chi connectivity index (χ3n) is 4.72. The van der Waals surface area contributed by atoms with Crippen molar-refractivity contribution in [1.29, 1.82) is 0 Å². The van der Waals surface area contributed by atoms with Gasteiger partial charge in [-0.25, -0.2) is 18.1 Å². The topological polar surface area (TPSA) is 82.6 Å². The van der Waals surface area contributed by atoms with E-state index in [2.05, 4.69) is 46.5 Å². The standard InChI is InChI=1S/C24H36N4O2S/c1-5-25-24(27-20(4)15-16-21-11-7-6-8-12-21)26-17-22-13-9-10-14-23(22)18-31(29,30)28-19(2)3/h6-14,19-20,28H,5,15-18H2,1-4H3,(H2,25,26,27). The van der Waals surface area contributed by atoms with Crippen molar-refractivity contribution < 1.29 is 8.42 Å². The molecule has 0 spiro atoms. The van der Waals surface area contributed by atoms with Crippen LogP contribution in [0.1, 0.15) is 50.8 Å². The lowest BCUT2D eigenvalue weighted by Gasteiger charge is -2.18. The number of hydrogen-bond donors (Lipinski definition) is 3. The SMILES string of the molecule is CCNC(=NCc1ccccc1CS(=O)(=O)NC(C)C)NC(C)CCc1ccccc1. The van der Waals surface area contributed by atoms with Crippen LogP contribution in [0.2, 0.25) is 0 Å². The summed E-state index contributed by atoms with van der Waals surface area (Å²) >= 11 is 0. The second-order valence-electron chi connectivity index (χ2n) is 8.07. The van der Waals surface area contributed by atoms with E-state index in [-0.39, 0.29) is 17.8 Å². The summed E-state index contributed by atoms with van der Waals surface area (Å²) in [5.74, 6) is 0.690. The van der Waals surface area contributed by atoms with Crippen LogP contribution in [-0.2, 0) is 28.7 Å². The molecule has 0 amide bonds. The Hall–Kier alpha value is -2.38. The number of aliphatic imine (C=N–C) groups is 1. The minimum absolute atomic E-state index is 0.0473. The van der Waals surface area contributed by atoms with Crippen LogP contribution in [0.25, 0.3) is 0 Å². The predicted molar refractivity (Wildman–Crippen MR) is 130 cm³/mol. The fourth-order valence-electron chi connectivity index (χ4n) is 3.28. The molecule has 0 bridgehead atoms. The molecule has 2 aromatic carbocycles. The molecule has 0 heterocycles. The van der Waals surface area contributed by atoms with E-state index in [1.165, 1.54) is 5.56 Å². The van der Waals surface area contributed by atoms with Crippen molar-refractivity contribution in [2.24, 2.45) is 4.99 Å². The number of nitrogens with one attached hydrogen (secondary N) is 3. The van der Waals surface area contributed by atoms with Gasteiger partial charge in [-0.05, 0) is 57.2 Å². The van der Waals surface area contributed by atoms with Crippen LogP contribution in [0.15, 0.2) is 59.6 Å². The van der Waals surface area contributed by atoms with Crippen LogP contribution >= 0.6 is 0 Å². The van der Waals surface area contributed by atoms with Gasteiger partial charge in [-0.3, -0.25) is 0 Å². The van der Waals surface area contributed by atoms with Crippen molar-refractivity contribution in [1.82, 2.24) is 15.4 Å². The van der Waals surface area contributed by atoms with Crippen LogP contribution in [-0.4, -0.2) is 33.0 Å². The number of sulfonamides is 1. The molecule has 0 saturated heterocycles. The zero-order valence-corrected chi connectivity index (χ0v) is 19.9. The van der Waals surface area contributed by atoms with E-state index < -0.39 is 10.0 Å². The molecule has 0 aliphatic heterocycles. The van der Waals surface area contributed by atoms with Crippen LogP contribution in [0.3, 0.4) is 0 Å². The van der Waals surface area contributed by atoms with Gasteiger partial charge in [-0.1, -0.05) is 54.6 Å². The maximum absolute atomic E-state index is 12.4. The lowest BCUT2D eigenvalue weighted by Crippen LogP contribution is -2.42. The molecule has 0 radical (unpaired) electrons. The van der Waals surface area contributed by atoms with Gasteiger partial charge < -0.3 is 10.6 Å². The average Bonchev–Trinajstić information content (AvgIpc) is 2.71. The van der Waals surface area contributed by atoms with Gasteiger partial charge in [-0.15, -0.1) is 0 Å². The molecule has 1 unspecified atom stereocenters. The Morgan fingerprint density at radius 3 is 2.26 bits per heavy atom. The average molecular weight is 445 g/mol. The quantitative estimate of drug-likeness (QED) is 0.365. The molecule has 0 saturated carbocycles. The Balaban J connectivity index is 2.03. The molecule has 0 aliphatic carbocycles. The molecule has 2 aromatic rings. The predicted octanol–water partition coefficient (Wildman–Crippen LogP) is 3.59. The Bertz CT molecular complexity index is 928. The van der Waals surface area contributed by atoms with Crippen molar-refractivity contribution in [2.75, 3.05) is 6.54 Å². The molecule has 31 heavy (non-hydrogen) atoms. The Kier molecular flexibility index (Phi) is 10.0. The van der Waals surface area contributed by atoms with Crippen LogP contribution in [0, 0.1) is 0 Å². The number of nitrogens with zero attached hydrogens (tertiary/aromatic N) is 1. The molecule has 170 valence electrons. The lowest BCUT2D eigenvalue weighted by atomic mass is 10.1. The molecule has 1 atom stereocenters. The van der Waals surface area contributed by atoms with Crippen molar-refractivity contribution in [2.45, 2.75) is 64.9 Å². The van der Waals surface area contributed by atoms with Crippen molar-refractivity contribution in [3.8, 4) is 0 Å². The summed E-state index contributed by atoms with van der Waals surface area (Å²) in [4.78, 5) is 4.71. The molecular formula is C24H36N4O2S. The van der Waals surface area contributed by atoms with E-state index in [1.807, 2.05) is 51.1 Å². The molecule has 0 aromatic heterocycles. The monoisotopic (exact) mass is 444 g/mol. The van der Waals surface area contributed by atoms with Gasteiger partial charge in [0.05, 0.1) is 12.3 Å². The molecular weight excluding hydrogens is 408 g/mol. The Morgan fingerprint density at radius 2 is 1.61 bits per heavy atom. The normalized spacial score (nSPS) is 13.3. The molecule has 3 N–H and O–H groups in total. The second-order valence-corrected chi connectivity index (χ2v) is 9.82. The summed E-state index contributed by atoms with van der Waals surface area (Å²) < 4.78 is 27.4. The highest BCUT2D eigenvalue weighted by atomic mass is 32.2. The highest BCUT2D eigenvalue weighted by molar-refractivity contribution is 7.88. The van der Waals surface area contributed by atoms with Crippen molar-refractivity contribution in [3.63, 3.8) is 0 Å². The molecule has 7 heteroatoms. The van der Waals surface area contributed by atoms with E-state index >= 15 is 0 Å². The van der Waals surface area contributed by atoms with E-state index in [4.69, 9.17) is 4.99 Å². The van der Waals surface area contributed by atoms with Crippen LogP contribution in [0.4, 0.5) is 0 Å². The van der Waals surface area contributed by atoms with Crippen molar-refractivity contribution >= 4 is 16.0 Å². The Morgan fingerprint density at radius 1 is 0.968 bits per heavy atom. The highest BCUT2D eigenvalue weighted by Gasteiger charge is 2.15. The third-order valence-corrected chi connectivity index (χ3v) is 6.24. The largest absolute Gasteiger partial charge is 0.357 e. The smallest absolute Gasteiger partial charge is 0.216 e. The molecule has 2 rings (SSSR count). The molecule has 6 nitrogen and oxygen atoms in total. The molecule has 0 fully saturated rings. The number of aryl methyl sites for hydroxylation is 1. The number of guanidine groups is 1. The van der Waals surface area contributed by atoms with Crippen LogP contribution < -0.4 is 15.4 Å². The first-order valence-electron chi connectivity index (χ1n) is 10.9. The van der Waals surface area contributed by atoms with Crippen molar-refractivity contribution in [3.05, 3.63) is 71.3 Å². The van der Waals surface area contributed by atoms with E-state index in [9.17, 15) is 8.42 Å². The summed E-state index contributed by atoms with van der Waals surface area (Å²) in [6.45, 7) is 8.99. The highest BCUT2D eigenvalue weighted by Crippen LogP contribution is 2.14. The van der Waals surface area contributed by atoms with E-state index in [0.717, 1.165) is 36.5 Å². The zero-order valence-electron chi connectivity index (χ0n) is 19.1. The fourth-order valence-corrected chi connectivity index (χ4v) is 4.77. The summed E-state index contributed by atoms with van der Waals surface area (Å²) in [6, 6.07) is 18.1. The minimum Gasteiger partial charge on any atom is -0.357 e. The summed E-state index contributed by atoms with van der Waals surface area (Å²) in [6.07, 6.45) is 1.99. The van der Waals surface area contributed by atoms with Gasteiger partial charge in [0.15, 0.2) is 5.96 Å². The number of benzene rings is 2. The Labute approximate surface area is 187 Å². The summed E-state index contributed by atoms with van der Waals surface area (Å²) in [5, 5.41) is 6.74. The first-order chi connectivity index (χ1) is 14.8. The van der Waals surface area contributed by atoms with Gasteiger partial charge in [0.25, 0.3) is 0 Å². The first-order valence-corrected chi connectivity index (χ1v) is 12.6. The summed E-state index contributed by atoms with van der Waals surface area (Å²) in [5.41, 5.74) is 3.00. The number of hydrogen-bond acceptors (Lipinski definition) is 3. The maximum atomic E-state index is 12.4. The first kappa shape index (κ1) is 24.9. The third kappa shape index (κ3) is 9.53. The lowest BCUT2D eigenvalue weighted by molar-refractivity contribution is 0.569. The minimum atomic E-state index is -3.39. The van der Waals surface area contributed by atoms with E-state index in [1.54, 1.807) is 0 Å². The second kappa shape index (κ2) is 12.5. The molecule has 0 aliphatic rings. The zero-order chi connectivity index (χ0) is 22.7. The van der Waals surface area contributed by atoms with Gasteiger partial charge in [0.2, 0.25) is 10.0 Å². The van der Waals surface area contributed by atoms with Gasteiger partial charge >= 0.3 is 0 Å². The summed E-state index contributed by atoms with van der Waals surface area (Å²) in [7, 11) is -3.39. The van der Waals surface area contributed by atoms with E-state index in [0.29, 0.717) is 6.54 Å². The number of rotatable bonds is 11. The fraction of sp³-hybridized carbons (Fsp3) is 0.458. The van der Waals surface area contributed by atoms with Gasteiger partial charge in [-0.2, -0.15) is 0 Å². The van der Waals surface area contributed by atoms with Crippen LogP contribution in [0.5, 0.6) is 0 Å². The maximum Gasteiger partial charge on any atom is 0.216 e.